The number of carbonyl (C=O) groups is 1. The molecule has 0 aromatic heterocycles. The lowest BCUT2D eigenvalue weighted by atomic mass is 10.0. The van der Waals surface area contributed by atoms with Gasteiger partial charge < -0.3 is 5.32 Å². The highest BCUT2D eigenvalue weighted by atomic mass is 16.1. The number of nitrogens with zero attached hydrogens (tertiary/aromatic N) is 1. The minimum Gasteiger partial charge on any atom is -0.351 e. The molecule has 0 aliphatic carbocycles. The third kappa shape index (κ3) is 3.46. The quantitative estimate of drug-likeness (QED) is 0.922. The van der Waals surface area contributed by atoms with Crippen molar-refractivity contribution in [2.45, 2.75) is 12.8 Å². The zero-order valence-corrected chi connectivity index (χ0v) is 11.3. The fraction of sp³-hybridized carbons (Fsp3) is 0.176. The lowest BCUT2D eigenvalue weighted by Crippen LogP contribution is -2.27. The number of rotatable bonds is 4. The van der Waals surface area contributed by atoms with Crippen LogP contribution in [0.15, 0.2) is 54.6 Å². The van der Waals surface area contributed by atoms with Gasteiger partial charge in [0.05, 0.1) is 11.6 Å². The minimum absolute atomic E-state index is 0.148. The van der Waals surface area contributed by atoms with Crippen molar-refractivity contribution in [3.63, 3.8) is 0 Å². The van der Waals surface area contributed by atoms with Crippen LogP contribution in [0.4, 0.5) is 0 Å². The van der Waals surface area contributed by atoms with E-state index in [4.69, 9.17) is 5.26 Å². The highest BCUT2D eigenvalue weighted by molar-refractivity contribution is 5.94. The van der Waals surface area contributed by atoms with Gasteiger partial charge in [0, 0.05) is 12.1 Å². The van der Waals surface area contributed by atoms with Gasteiger partial charge in [-0.2, -0.15) is 5.26 Å². The second-order valence-corrected chi connectivity index (χ2v) is 4.71. The topological polar surface area (TPSA) is 52.9 Å². The Kier molecular flexibility index (Phi) is 4.52. The van der Waals surface area contributed by atoms with Gasteiger partial charge in [-0.25, -0.2) is 0 Å². The number of hydrogen-bond donors (Lipinski definition) is 1. The molecule has 100 valence electrons. The molecule has 0 aliphatic rings. The number of hydrogen-bond acceptors (Lipinski definition) is 2. The number of nitrogens with one attached hydrogen (secondary N) is 1. The van der Waals surface area contributed by atoms with Crippen molar-refractivity contribution in [2.75, 3.05) is 6.54 Å². The fourth-order valence-electron chi connectivity index (χ4n) is 1.98. The molecule has 0 unspecified atom stereocenters. The predicted molar refractivity (Wildman–Crippen MR) is 78.3 cm³/mol. The Bertz CT molecular complexity index is 629. The molecular weight excluding hydrogens is 248 g/mol. The molecule has 20 heavy (non-hydrogen) atoms. The molecule has 2 aromatic carbocycles. The summed E-state index contributed by atoms with van der Waals surface area (Å²) in [5.74, 6) is 0.101. The van der Waals surface area contributed by atoms with E-state index in [1.807, 2.05) is 36.4 Å². The van der Waals surface area contributed by atoms with Gasteiger partial charge in [-0.3, -0.25) is 4.79 Å². The van der Waals surface area contributed by atoms with E-state index >= 15 is 0 Å². The largest absolute Gasteiger partial charge is 0.351 e. The van der Waals surface area contributed by atoms with Gasteiger partial charge in [0.25, 0.3) is 5.91 Å². The minimum atomic E-state index is -0.148. The smallest absolute Gasteiger partial charge is 0.251 e. The average molecular weight is 264 g/mol. The summed E-state index contributed by atoms with van der Waals surface area (Å²) in [7, 11) is 0. The van der Waals surface area contributed by atoms with Gasteiger partial charge in [-0.15, -0.1) is 0 Å². The molecule has 2 aromatic rings. The Labute approximate surface area is 118 Å². The maximum atomic E-state index is 12.0. The van der Waals surface area contributed by atoms with E-state index in [1.165, 1.54) is 5.56 Å². The highest BCUT2D eigenvalue weighted by Gasteiger charge is 2.09. The molecule has 0 aliphatic heterocycles. The molecule has 0 saturated heterocycles. The molecule has 0 bridgehead atoms. The molecular formula is C17H16N2O. The summed E-state index contributed by atoms with van der Waals surface area (Å²) < 4.78 is 0. The van der Waals surface area contributed by atoms with Crippen molar-refractivity contribution in [3.05, 3.63) is 71.3 Å². The summed E-state index contributed by atoms with van der Waals surface area (Å²) in [6.07, 6.45) is 0. The third-order valence-corrected chi connectivity index (χ3v) is 3.19. The second kappa shape index (κ2) is 6.53. The monoisotopic (exact) mass is 264 g/mol. The van der Waals surface area contributed by atoms with Gasteiger partial charge in [0.15, 0.2) is 0 Å². The molecule has 0 fully saturated rings. The van der Waals surface area contributed by atoms with Crippen molar-refractivity contribution >= 4 is 5.91 Å². The number of amides is 1. The number of carbonyl (C=O) groups excluding carboxylic acids is 1. The van der Waals surface area contributed by atoms with Crippen LogP contribution in [-0.4, -0.2) is 12.5 Å². The first-order valence-corrected chi connectivity index (χ1v) is 6.54. The first-order valence-electron chi connectivity index (χ1n) is 6.54. The maximum Gasteiger partial charge on any atom is 0.251 e. The molecule has 0 heterocycles. The normalized spacial score (nSPS) is 11.4. The Morgan fingerprint density at radius 3 is 2.65 bits per heavy atom. The van der Waals surface area contributed by atoms with Crippen molar-refractivity contribution in [1.29, 1.82) is 5.26 Å². The van der Waals surface area contributed by atoms with E-state index in [1.54, 1.807) is 24.3 Å². The number of nitriles is 1. The van der Waals surface area contributed by atoms with Crippen LogP contribution in [0.2, 0.25) is 0 Å². The third-order valence-electron chi connectivity index (χ3n) is 3.19. The van der Waals surface area contributed by atoms with E-state index in [0.717, 1.165) is 0 Å². The SMILES string of the molecule is C[C@H](CNC(=O)c1cccc(C#N)c1)c1ccccc1. The lowest BCUT2D eigenvalue weighted by molar-refractivity contribution is 0.0951. The summed E-state index contributed by atoms with van der Waals surface area (Å²) >= 11 is 0. The number of benzene rings is 2. The van der Waals surface area contributed by atoms with Crippen LogP contribution in [0.25, 0.3) is 0 Å². The summed E-state index contributed by atoms with van der Waals surface area (Å²) in [5.41, 5.74) is 2.21. The molecule has 3 nitrogen and oxygen atoms in total. The highest BCUT2D eigenvalue weighted by Crippen LogP contribution is 2.13. The first kappa shape index (κ1) is 13.8. The van der Waals surface area contributed by atoms with Crippen LogP contribution in [0, 0.1) is 11.3 Å². The van der Waals surface area contributed by atoms with Gasteiger partial charge in [0.2, 0.25) is 0 Å². The second-order valence-electron chi connectivity index (χ2n) is 4.71. The van der Waals surface area contributed by atoms with E-state index in [-0.39, 0.29) is 11.8 Å². The van der Waals surface area contributed by atoms with Crippen LogP contribution in [0.3, 0.4) is 0 Å². The Balaban J connectivity index is 1.97. The zero-order valence-electron chi connectivity index (χ0n) is 11.3. The predicted octanol–water partition coefficient (Wildman–Crippen LogP) is 3.09. The standard InChI is InChI=1S/C17H16N2O/c1-13(15-7-3-2-4-8-15)12-19-17(20)16-9-5-6-14(10-16)11-18/h2-10,13H,12H2,1H3,(H,19,20)/t13-/m1/s1. The van der Waals surface area contributed by atoms with E-state index in [9.17, 15) is 4.79 Å². The van der Waals surface area contributed by atoms with E-state index in [2.05, 4.69) is 12.2 Å². The van der Waals surface area contributed by atoms with Gasteiger partial charge in [0.1, 0.15) is 0 Å². The molecule has 0 radical (unpaired) electrons. The molecule has 1 amide bonds. The van der Waals surface area contributed by atoms with Crippen LogP contribution >= 0.6 is 0 Å². The molecule has 3 heteroatoms. The Hall–Kier alpha value is -2.60. The lowest BCUT2D eigenvalue weighted by Gasteiger charge is -2.13. The Morgan fingerprint density at radius 1 is 1.20 bits per heavy atom. The summed E-state index contributed by atoms with van der Waals surface area (Å²) in [4.78, 5) is 12.0. The summed E-state index contributed by atoms with van der Waals surface area (Å²) in [5, 5.41) is 11.7. The molecule has 0 saturated carbocycles. The molecule has 0 spiro atoms. The zero-order chi connectivity index (χ0) is 14.4. The maximum absolute atomic E-state index is 12.0. The van der Waals surface area contributed by atoms with Gasteiger partial charge >= 0.3 is 0 Å². The Morgan fingerprint density at radius 2 is 1.95 bits per heavy atom. The van der Waals surface area contributed by atoms with Crippen LogP contribution in [-0.2, 0) is 0 Å². The first-order chi connectivity index (χ1) is 9.70. The van der Waals surface area contributed by atoms with Gasteiger partial charge in [-0.1, -0.05) is 43.3 Å². The van der Waals surface area contributed by atoms with Crippen molar-refractivity contribution in [1.82, 2.24) is 5.32 Å². The van der Waals surface area contributed by atoms with Crippen LogP contribution < -0.4 is 5.32 Å². The van der Waals surface area contributed by atoms with Crippen LogP contribution in [0.1, 0.15) is 34.3 Å². The fourth-order valence-corrected chi connectivity index (χ4v) is 1.98. The molecule has 2 rings (SSSR count). The van der Waals surface area contributed by atoms with Gasteiger partial charge in [-0.05, 0) is 29.7 Å². The van der Waals surface area contributed by atoms with Crippen LogP contribution in [0.5, 0.6) is 0 Å². The summed E-state index contributed by atoms with van der Waals surface area (Å²) in [6.45, 7) is 2.64. The summed E-state index contributed by atoms with van der Waals surface area (Å²) in [6, 6.07) is 18.8. The van der Waals surface area contributed by atoms with E-state index < -0.39 is 0 Å². The van der Waals surface area contributed by atoms with Crippen molar-refractivity contribution < 1.29 is 4.79 Å². The van der Waals surface area contributed by atoms with Crippen molar-refractivity contribution in [3.8, 4) is 6.07 Å². The molecule has 1 N–H and O–H groups in total. The van der Waals surface area contributed by atoms with Crippen molar-refractivity contribution in [2.24, 2.45) is 0 Å². The van der Waals surface area contributed by atoms with E-state index in [0.29, 0.717) is 17.7 Å². The average Bonchev–Trinajstić information content (AvgIpc) is 2.53. The molecule has 1 atom stereocenters.